The van der Waals surface area contributed by atoms with Crippen LogP contribution in [0.1, 0.15) is 0 Å². The Hall–Kier alpha value is -3.55. The van der Waals surface area contributed by atoms with Gasteiger partial charge in [0.1, 0.15) is 6.54 Å². The summed E-state index contributed by atoms with van der Waals surface area (Å²) >= 11 is 0. The molecule has 0 amide bonds. The van der Waals surface area contributed by atoms with Gasteiger partial charge in [0.15, 0.2) is 19.8 Å². The molecule has 0 radical (unpaired) electrons. The molecule has 0 bridgehead atoms. The molecule has 16 nitrogen and oxygen atoms in total. The lowest BCUT2D eigenvalue weighted by molar-refractivity contribution is -0.973. The molecule has 0 fully saturated rings. The third kappa shape index (κ3) is 3.70. The summed E-state index contributed by atoms with van der Waals surface area (Å²) in [5.74, 6) is -5.39. The Morgan fingerprint density at radius 2 is 1.52 bits per heavy atom. The molecule has 0 spiro atoms. The maximum Gasteiger partial charge on any atom is 0.723 e. The molecular formula is C5H5N7O9. The first kappa shape index (κ1) is 17.4. The largest absolute Gasteiger partial charge is 0.723 e. The van der Waals surface area contributed by atoms with Crippen LogP contribution in [0.3, 0.4) is 0 Å². The topological polar surface area (TPSA) is 229 Å². The lowest BCUT2D eigenvalue weighted by Gasteiger charge is -2.13. The van der Waals surface area contributed by atoms with E-state index in [1.165, 1.54) is 0 Å². The number of ketones is 1. The Balaban J connectivity index is 5.64. The van der Waals surface area contributed by atoms with Gasteiger partial charge in [-0.2, -0.15) is 4.79 Å². The van der Waals surface area contributed by atoms with Crippen molar-refractivity contribution in [3.8, 4) is 0 Å². The van der Waals surface area contributed by atoms with Crippen molar-refractivity contribution >= 4 is 12.0 Å². The van der Waals surface area contributed by atoms with E-state index in [0.717, 1.165) is 0 Å². The monoisotopic (exact) mass is 307 g/mol. The Kier molecular flexibility index (Phi) is 5.46. The molecule has 0 atom stereocenters. The van der Waals surface area contributed by atoms with E-state index in [9.17, 15) is 45.3 Å². The molecule has 0 aromatic carbocycles. The number of nitrogens with zero attached hydrogens (tertiary/aromatic N) is 7. The zero-order valence-electron chi connectivity index (χ0n) is 9.80. The average Bonchev–Trinajstić information content (AvgIpc) is 2.32. The first-order valence-corrected chi connectivity index (χ1v) is 4.62. The van der Waals surface area contributed by atoms with Crippen molar-refractivity contribution in [1.29, 1.82) is 0 Å². The number of rotatable bonds is 9. The van der Waals surface area contributed by atoms with Crippen LogP contribution in [0.4, 0.5) is 0 Å². The number of hydrogen-bond acceptors (Lipinski definition) is 9. The summed E-state index contributed by atoms with van der Waals surface area (Å²) in [6, 6.07) is 0. The van der Waals surface area contributed by atoms with Gasteiger partial charge in [0, 0.05) is 0 Å². The molecule has 16 heteroatoms. The zero-order chi connectivity index (χ0) is 16.8. The third-order valence-electron chi connectivity index (χ3n) is 2.04. The second-order valence-corrected chi connectivity index (χ2v) is 3.32. The molecule has 21 heavy (non-hydrogen) atoms. The quantitative estimate of drug-likeness (QED) is 0.112. The second kappa shape index (κ2) is 6.57. The lowest BCUT2D eigenvalue weighted by Crippen LogP contribution is -2.61. The van der Waals surface area contributed by atoms with Crippen LogP contribution in [0, 0.1) is 40.5 Å². The summed E-state index contributed by atoms with van der Waals surface area (Å²) < 4.78 is 0. The minimum atomic E-state index is -4.12. The van der Waals surface area contributed by atoms with Crippen LogP contribution >= 0.6 is 0 Å². The normalized spacial score (nSPS) is 10.1. The highest BCUT2D eigenvalue weighted by Crippen LogP contribution is 2.14. The van der Waals surface area contributed by atoms with Crippen molar-refractivity contribution in [1.82, 2.24) is 5.01 Å². The number of carbonyl (C=O) groups excluding carboxylic acids is 1. The molecule has 114 valence electrons. The fourth-order valence-electron chi connectivity index (χ4n) is 1.07. The van der Waals surface area contributed by atoms with Gasteiger partial charge in [-0.05, 0) is 0 Å². The van der Waals surface area contributed by atoms with E-state index >= 15 is 0 Å². The van der Waals surface area contributed by atoms with E-state index in [2.05, 4.69) is 4.79 Å². The van der Waals surface area contributed by atoms with Gasteiger partial charge in [0.25, 0.3) is 12.3 Å². The Bertz CT molecular complexity index is 515. The molecule has 0 aliphatic carbocycles. The van der Waals surface area contributed by atoms with Crippen molar-refractivity contribution in [2.75, 3.05) is 13.1 Å². The van der Waals surface area contributed by atoms with Crippen LogP contribution in [0.15, 0.2) is 0 Å². The minimum Gasteiger partial charge on any atom is -0.361 e. The van der Waals surface area contributed by atoms with Gasteiger partial charge in [-0.25, -0.2) is 10.1 Å². The molecule has 0 aliphatic heterocycles. The van der Waals surface area contributed by atoms with E-state index in [1.54, 1.807) is 0 Å². The zero-order valence-corrected chi connectivity index (χ0v) is 9.80. The van der Waals surface area contributed by atoms with Crippen LogP contribution in [0.2, 0.25) is 0 Å². The van der Waals surface area contributed by atoms with Crippen molar-refractivity contribution in [2.24, 2.45) is 0 Å². The molecular weight excluding hydrogens is 302 g/mol. The van der Waals surface area contributed by atoms with Crippen molar-refractivity contribution in [2.45, 2.75) is 5.79 Å². The van der Waals surface area contributed by atoms with E-state index in [1.807, 2.05) is 0 Å². The van der Waals surface area contributed by atoms with Crippen LogP contribution < -0.4 is 0 Å². The maximum atomic E-state index is 11.0. The van der Waals surface area contributed by atoms with Crippen molar-refractivity contribution in [3.05, 3.63) is 46.0 Å². The van der Waals surface area contributed by atoms with Crippen molar-refractivity contribution < 1.29 is 29.4 Å². The highest BCUT2D eigenvalue weighted by molar-refractivity contribution is 6.26. The first-order valence-electron chi connectivity index (χ1n) is 4.62. The molecule has 0 saturated heterocycles. The van der Waals surface area contributed by atoms with Gasteiger partial charge in [0.2, 0.25) is 0 Å². The minimum absolute atomic E-state index is 0.183. The second-order valence-electron chi connectivity index (χ2n) is 3.32. The Morgan fingerprint density at radius 1 is 1.10 bits per heavy atom. The highest BCUT2D eigenvalue weighted by atomic mass is 16.7. The molecule has 0 unspecified atom stereocenters. The molecule has 0 aliphatic rings. The number of nitro groups is 4. The SMILES string of the molecule is [N-]=[N+]=CC(=O)CN(CC([N+](=O)[O-])([N+](=O)[O-])[N+](=O)[O-])[N+](=O)[O-]. The fraction of sp³-hybridized carbons (Fsp3) is 0.600. The van der Waals surface area contributed by atoms with Gasteiger partial charge in [-0.15, -0.1) is 0 Å². The van der Waals surface area contributed by atoms with Crippen LogP contribution in [-0.4, -0.2) is 60.5 Å². The number of hydrogen-bond donors (Lipinski definition) is 0. The predicted octanol–water partition coefficient (Wildman–Crippen LogP) is -2.17. The van der Waals surface area contributed by atoms with E-state index in [-0.39, 0.29) is 6.21 Å². The number of hydrazine groups is 1. The van der Waals surface area contributed by atoms with Crippen molar-refractivity contribution in [3.63, 3.8) is 0 Å². The number of carbonyl (C=O) groups is 1. The lowest BCUT2D eigenvalue weighted by atomic mass is 10.3. The average molecular weight is 307 g/mol. The molecule has 0 heterocycles. The Morgan fingerprint density at radius 3 is 1.81 bits per heavy atom. The van der Waals surface area contributed by atoms with Crippen LogP contribution in [0.25, 0.3) is 5.53 Å². The smallest absolute Gasteiger partial charge is 0.361 e. The van der Waals surface area contributed by atoms with Gasteiger partial charge < -0.3 is 5.53 Å². The Labute approximate surface area is 112 Å². The highest BCUT2D eigenvalue weighted by Gasteiger charge is 2.73. The van der Waals surface area contributed by atoms with Gasteiger partial charge in [0.05, 0.1) is 0 Å². The fourth-order valence-corrected chi connectivity index (χ4v) is 1.07. The maximum absolute atomic E-state index is 11.0. The van der Waals surface area contributed by atoms with E-state index < -0.39 is 49.5 Å². The first-order chi connectivity index (χ1) is 9.59. The molecule has 0 N–H and O–H groups in total. The molecule has 0 rings (SSSR count). The van der Waals surface area contributed by atoms with Gasteiger partial charge >= 0.3 is 12.0 Å². The molecule has 0 aromatic heterocycles. The summed E-state index contributed by atoms with van der Waals surface area (Å²) in [7, 11) is 0. The molecule has 0 aromatic rings. The molecule has 0 saturated carbocycles. The summed E-state index contributed by atoms with van der Waals surface area (Å²) in [4.78, 5) is 49.8. The van der Waals surface area contributed by atoms with Gasteiger partial charge in [-0.1, -0.05) is 5.01 Å². The summed E-state index contributed by atoms with van der Waals surface area (Å²) in [5.41, 5.74) is 8.02. The van der Waals surface area contributed by atoms with Crippen LogP contribution in [-0.2, 0) is 4.79 Å². The standard InChI is InChI=1S/C5H5N7O9/c6-7-1-4(13)2-8(12(20)21)3-5(9(14)15,10(16)17)11(18)19/h1H,2-3H2. The third-order valence-corrected chi connectivity index (χ3v) is 2.04. The van der Waals surface area contributed by atoms with E-state index in [0.29, 0.717) is 0 Å². The number of Topliss-reactive ketones (excluding diaryl/α,β-unsaturated/α-hetero) is 1. The van der Waals surface area contributed by atoms with Crippen LogP contribution in [0.5, 0.6) is 0 Å². The summed E-state index contributed by atoms with van der Waals surface area (Å²) in [6.45, 7) is -3.23. The van der Waals surface area contributed by atoms with E-state index in [4.69, 9.17) is 5.53 Å². The summed E-state index contributed by atoms with van der Waals surface area (Å²) in [6.07, 6.45) is 0.183. The van der Waals surface area contributed by atoms with Gasteiger partial charge in [-0.3, -0.25) is 35.1 Å². The summed E-state index contributed by atoms with van der Waals surface area (Å²) in [5, 5.41) is 40.5. The predicted molar refractivity (Wildman–Crippen MR) is 57.0 cm³/mol.